The van der Waals surface area contributed by atoms with Crippen LogP contribution in [-0.4, -0.2) is 61.7 Å². The Morgan fingerprint density at radius 3 is 2.53 bits per heavy atom. The van der Waals surface area contributed by atoms with Gasteiger partial charge in [-0.2, -0.15) is 4.31 Å². The zero-order valence-electron chi connectivity index (χ0n) is 17.5. The first-order valence-corrected chi connectivity index (χ1v) is 12.4. The van der Waals surface area contributed by atoms with E-state index in [1.807, 2.05) is 7.05 Å². The van der Waals surface area contributed by atoms with Crippen LogP contribution in [0.25, 0.3) is 10.6 Å². The highest BCUT2D eigenvalue weighted by Gasteiger charge is 2.27. The Labute approximate surface area is 190 Å². The average Bonchev–Trinajstić information content (AvgIpc) is 3.23. The van der Waals surface area contributed by atoms with E-state index in [4.69, 9.17) is 0 Å². The number of carbonyl (C=O) groups excluding carboxylic acids is 1. The molecule has 1 aliphatic rings. The Hall–Kier alpha value is -2.66. The van der Waals surface area contributed by atoms with Gasteiger partial charge in [0.2, 0.25) is 15.9 Å². The summed E-state index contributed by atoms with van der Waals surface area (Å²) in [4.78, 5) is 19.1. The van der Waals surface area contributed by atoms with Crippen molar-refractivity contribution in [3.8, 4) is 10.6 Å². The van der Waals surface area contributed by atoms with E-state index in [0.717, 1.165) is 0 Å². The number of likely N-dealkylation sites (N-methyl/N-ethyl adjacent to an activating group) is 1. The topological polar surface area (TPSA) is 82.6 Å². The van der Waals surface area contributed by atoms with Crippen LogP contribution in [0.4, 0.5) is 10.1 Å². The molecule has 1 saturated heterocycles. The number of aromatic nitrogens is 1. The summed E-state index contributed by atoms with van der Waals surface area (Å²) in [6.07, 6.45) is 0.0627. The fourth-order valence-electron chi connectivity index (χ4n) is 3.40. The lowest BCUT2D eigenvalue weighted by molar-refractivity contribution is -0.115. The molecule has 3 aromatic rings. The van der Waals surface area contributed by atoms with Gasteiger partial charge in [0.25, 0.3) is 0 Å². The summed E-state index contributed by atoms with van der Waals surface area (Å²) < 4.78 is 40.5. The third-order valence-corrected chi connectivity index (χ3v) is 8.06. The van der Waals surface area contributed by atoms with Crippen LogP contribution in [0.15, 0.2) is 58.8 Å². The zero-order chi connectivity index (χ0) is 22.7. The SMILES string of the molecule is CN1CCN(S(=O)(=O)c2ccc(NC(=O)Cc3csc(-c4cccc(F)c4)n3)cc2)CC1. The number of amides is 1. The Bertz CT molecular complexity index is 1200. The van der Waals surface area contributed by atoms with Crippen LogP contribution >= 0.6 is 11.3 Å². The lowest BCUT2D eigenvalue weighted by Crippen LogP contribution is -2.46. The fraction of sp³-hybridized carbons (Fsp3) is 0.273. The van der Waals surface area contributed by atoms with Gasteiger partial charge in [0.05, 0.1) is 17.0 Å². The molecular formula is C22H23FN4O3S2. The second kappa shape index (κ2) is 9.45. The molecule has 0 aliphatic carbocycles. The number of rotatable bonds is 6. The molecule has 0 unspecified atom stereocenters. The molecule has 7 nitrogen and oxygen atoms in total. The van der Waals surface area contributed by atoms with E-state index in [0.29, 0.717) is 48.1 Å². The molecule has 168 valence electrons. The van der Waals surface area contributed by atoms with E-state index in [1.54, 1.807) is 29.6 Å². The second-order valence-corrected chi connectivity index (χ2v) is 10.4. The third-order valence-electron chi connectivity index (χ3n) is 5.20. The van der Waals surface area contributed by atoms with E-state index in [2.05, 4.69) is 15.2 Å². The fourth-order valence-corrected chi connectivity index (χ4v) is 5.64. The van der Waals surface area contributed by atoms with Crippen LogP contribution in [-0.2, 0) is 21.2 Å². The van der Waals surface area contributed by atoms with Crippen molar-refractivity contribution in [2.75, 3.05) is 38.5 Å². The van der Waals surface area contributed by atoms with E-state index in [9.17, 15) is 17.6 Å². The monoisotopic (exact) mass is 474 g/mol. The smallest absolute Gasteiger partial charge is 0.243 e. The van der Waals surface area contributed by atoms with E-state index in [-0.39, 0.29) is 23.0 Å². The number of nitrogens with zero attached hydrogens (tertiary/aromatic N) is 3. The van der Waals surface area contributed by atoms with Gasteiger partial charge < -0.3 is 10.2 Å². The summed E-state index contributed by atoms with van der Waals surface area (Å²) in [7, 11) is -1.58. The first-order chi connectivity index (χ1) is 15.3. The summed E-state index contributed by atoms with van der Waals surface area (Å²) >= 11 is 1.35. The molecule has 1 amide bonds. The highest BCUT2D eigenvalue weighted by Crippen LogP contribution is 2.25. The Balaban J connectivity index is 1.37. The van der Waals surface area contributed by atoms with Crippen molar-refractivity contribution in [1.29, 1.82) is 0 Å². The van der Waals surface area contributed by atoms with Gasteiger partial charge in [-0.05, 0) is 43.4 Å². The molecule has 1 N–H and O–H groups in total. The average molecular weight is 475 g/mol. The highest BCUT2D eigenvalue weighted by molar-refractivity contribution is 7.89. The predicted molar refractivity (Wildman–Crippen MR) is 123 cm³/mol. The summed E-state index contributed by atoms with van der Waals surface area (Å²) in [5.41, 5.74) is 1.76. The quantitative estimate of drug-likeness (QED) is 0.594. The molecule has 0 bridgehead atoms. The van der Waals surface area contributed by atoms with Gasteiger partial charge in [-0.1, -0.05) is 12.1 Å². The Morgan fingerprint density at radius 1 is 1.12 bits per heavy atom. The minimum atomic E-state index is -3.55. The first-order valence-electron chi connectivity index (χ1n) is 10.1. The maximum Gasteiger partial charge on any atom is 0.243 e. The zero-order valence-corrected chi connectivity index (χ0v) is 19.1. The number of piperazine rings is 1. The summed E-state index contributed by atoms with van der Waals surface area (Å²) in [6, 6.07) is 12.3. The molecule has 10 heteroatoms. The summed E-state index contributed by atoms with van der Waals surface area (Å²) in [6.45, 7) is 2.32. The van der Waals surface area contributed by atoms with Crippen molar-refractivity contribution >= 4 is 33.0 Å². The number of halogens is 1. The molecule has 2 heterocycles. The number of hydrogen-bond donors (Lipinski definition) is 1. The number of anilines is 1. The van der Waals surface area contributed by atoms with Crippen LogP contribution in [0.3, 0.4) is 0 Å². The second-order valence-electron chi connectivity index (χ2n) is 7.61. The lowest BCUT2D eigenvalue weighted by atomic mass is 10.2. The molecule has 0 spiro atoms. The number of sulfonamides is 1. The number of hydrogen-bond acceptors (Lipinski definition) is 6. The van der Waals surface area contributed by atoms with E-state index >= 15 is 0 Å². The third kappa shape index (κ3) is 5.21. The van der Waals surface area contributed by atoms with Gasteiger partial charge in [-0.15, -0.1) is 11.3 Å². The molecular weight excluding hydrogens is 451 g/mol. The predicted octanol–water partition coefficient (Wildman–Crippen LogP) is 3.07. The van der Waals surface area contributed by atoms with Crippen molar-refractivity contribution in [1.82, 2.24) is 14.2 Å². The number of nitrogens with one attached hydrogen (secondary N) is 1. The minimum Gasteiger partial charge on any atom is -0.326 e. The molecule has 0 saturated carbocycles. The van der Waals surface area contributed by atoms with Gasteiger partial charge in [0.1, 0.15) is 10.8 Å². The summed E-state index contributed by atoms with van der Waals surface area (Å²) in [5, 5.41) is 5.18. The number of carbonyl (C=O) groups is 1. The van der Waals surface area contributed by atoms with Gasteiger partial charge in [0.15, 0.2) is 0 Å². The van der Waals surface area contributed by atoms with Crippen molar-refractivity contribution in [3.05, 3.63) is 65.4 Å². The normalized spacial score (nSPS) is 15.6. The number of benzene rings is 2. The number of thiazole rings is 1. The highest BCUT2D eigenvalue weighted by atomic mass is 32.2. The molecule has 4 rings (SSSR count). The maximum absolute atomic E-state index is 13.4. The maximum atomic E-state index is 13.4. The van der Waals surface area contributed by atoms with Crippen LogP contribution in [0, 0.1) is 5.82 Å². The van der Waals surface area contributed by atoms with Crippen molar-refractivity contribution in [3.63, 3.8) is 0 Å². The molecule has 1 aromatic heterocycles. The minimum absolute atomic E-state index is 0.0627. The standard InChI is InChI=1S/C22H23FN4O3S2/c1-26-9-11-27(12-10-26)32(29,30)20-7-5-18(6-8-20)24-21(28)14-19-15-31-22(25-19)16-3-2-4-17(23)13-16/h2-8,13,15H,9-12,14H2,1H3,(H,24,28). The first kappa shape index (κ1) is 22.5. The van der Waals surface area contributed by atoms with Crippen molar-refractivity contribution < 1.29 is 17.6 Å². The van der Waals surface area contributed by atoms with Crippen LogP contribution < -0.4 is 5.32 Å². The Kier molecular flexibility index (Phi) is 6.66. The molecule has 1 aliphatic heterocycles. The molecule has 0 radical (unpaired) electrons. The molecule has 2 aromatic carbocycles. The van der Waals surface area contributed by atoms with Gasteiger partial charge in [-0.3, -0.25) is 4.79 Å². The van der Waals surface area contributed by atoms with Crippen LogP contribution in [0.5, 0.6) is 0 Å². The molecule has 1 fully saturated rings. The van der Waals surface area contributed by atoms with Crippen LogP contribution in [0.2, 0.25) is 0 Å². The van der Waals surface area contributed by atoms with Gasteiger partial charge >= 0.3 is 0 Å². The molecule has 32 heavy (non-hydrogen) atoms. The summed E-state index contributed by atoms with van der Waals surface area (Å²) in [5.74, 6) is -0.606. The van der Waals surface area contributed by atoms with E-state index in [1.165, 1.54) is 39.9 Å². The van der Waals surface area contributed by atoms with Gasteiger partial charge in [0, 0.05) is 42.8 Å². The van der Waals surface area contributed by atoms with Crippen LogP contribution in [0.1, 0.15) is 5.69 Å². The largest absolute Gasteiger partial charge is 0.326 e. The van der Waals surface area contributed by atoms with E-state index < -0.39 is 10.0 Å². The Morgan fingerprint density at radius 2 is 1.84 bits per heavy atom. The lowest BCUT2D eigenvalue weighted by Gasteiger charge is -2.31. The van der Waals surface area contributed by atoms with Crippen molar-refractivity contribution in [2.45, 2.75) is 11.3 Å². The molecule has 0 atom stereocenters. The van der Waals surface area contributed by atoms with Crippen molar-refractivity contribution in [2.24, 2.45) is 0 Å². The van der Waals surface area contributed by atoms with Gasteiger partial charge in [-0.25, -0.2) is 17.8 Å².